The number of rotatable bonds is 9. The summed E-state index contributed by atoms with van der Waals surface area (Å²) in [4.78, 5) is 0. The van der Waals surface area contributed by atoms with Gasteiger partial charge in [-0.2, -0.15) is 0 Å². The van der Waals surface area contributed by atoms with E-state index in [2.05, 4.69) is 27.7 Å². The fourth-order valence-electron chi connectivity index (χ4n) is 11.7. The number of hydrogen-bond donors (Lipinski definition) is 0. The highest BCUT2D eigenvalue weighted by atomic mass is 16.7. The van der Waals surface area contributed by atoms with Crippen LogP contribution in [-0.4, -0.2) is 32.7 Å². The summed E-state index contributed by atoms with van der Waals surface area (Å²) in [5.74, 6) is 6.24. The third-order valence-corrected chi connectivity index (χ3v) is 13.6. The van der Waals surface area contributed by atoms with E-state index in [1.54, 1.807) is 0 Å². The molecule has 36 heavy (non-hydrogen) atoms. The second-order valence-corrected chi connectivity index (χ2v) is 15.1. The van der Waals surface area contributed by atoms with Crippen molar-refractivity contribution in [3.63, 3.8) is 0 Å². The Morgan fingerprint density at radius 2 is 1.81 bits per heavy atom. The van der Waals surface area contributed by atoms with Crippen molar-refractivity contribution < 1.29 is 14.2 Å². The van der Waals surface area contributed by atoms with E-state index in [0.29, 0.717) is 28.3 Å². The van der Waals surface area contributed by atoms with Gasteiger partial charge in [0.2, 0.25) is 0 Å². The van der Waals surface area contributed by atoms with E-state index in [4.69, 9.17) is 14.2 Å². The molecule has 0 radical (unpaired) electrons. The van der Waals surface area contributed by atoms with Gasteiger partial charge in [-0.3, -0.25) is 0 Å². The molecule has 206 valence electrons. The van der Waals surface area contributed by atoms with Crippen molar-refractivity contribution in [2.24, 2.45) is 57.7 Å². The molecule has 5 saturated carbocycles. The van der Waals surface area contributed by atoms with Gasteiger partial charge in [-0.1, -0.05) is 40.5 Å². The van der Waals surface area contributed by atoms with E-state index in [-0.39, 0.29) is 6.29 Å². The highest BCUT2D eigenvalue weighted by Gasteiger charge is 2.77. The van der Waals surface area contributed by atoms with E-state index in [9.17, 15) is 0 Å². The molecule has 3 heteroatoms. The van der Waals surface area contributed by atoms with E-state index in [0.717, 1.165) is 55.1 Å². The zero-order valence-corrected chi connectivity index (χ0v) is 24.2. The molecule has 0 amide bonds. The average Bonchev–Trinajstić information content (AvgIpc) is 3.39. The third kappa shape index (κ3) is 3.98. The van der Waals surface area contributed by atoms with Crippen LogP contribution in [0.5, 0.6) is 0 Å². The molecule has 6 aliphatic rings. The maximum Gasteiger partial charge on any atom is 0.157 e. The normalized spacial score (nSPS) is 51.1. The molecule has 1 aliphatic heterocycles. The van der Waals surface area contributed by atoms with Gasteiger partial charge in [0.25, 0.3) is 0 Å². The molecule has 0 aromatic carbocycles. The Morgan fingerprint density at radius 1 is 0.944 bits per heavy atom. The molecule has 0 aromatic heterocycles. The summed E-state index contributed by atoms with van der Waals surface area (Å²) in [6.07, 6.45) is 20.0. The molecule has 0 bridgehead atoms. The van der Waals surface area contributed by atoms with Crippen molar-refractivity contribution in [1.82, 2.24) is 0 Å². The second-order valence-electron chi connectivity index (χ2n) is 15.1. The minimum atomic E-state index is 0.0651. The van der Waals surface area contributed by atoms with Gasteiger partial charge < -0.3 is 14.2 Å². The van der Waals surface area contributed by atoms with Crippen LogP contribution in [0.15, 0.2) is 0 Å². The van der Waals surface area contributed by atoms with Gasteiger partial charge in [-0.25, -0.2) is 0 Å². The molecule has 6 fully saturated rings. The van der Waals surface area contributed by atoms with Gasteiger partial charge in [0, 0.05) is 19.1 Å². The first-order valence-electron chi connectivity index (χ1n) is 16.1. The van der Waals surface area contributed by atoms with Crippen molar-refractivity contribution in [3.05, 3.63) is 0 Å². The average molecular weight is 501 g/mol. The molecule has 0 N–H and O–H groups in total. The molecule has 0 unspecified atom stereocenters. The molecule has 1 heterocycles. The zero-order chi connectivity index (χ0) is 25.1. The van der Waals surface area contributed by atoms with Gasteiger partial charge in [-0.05, 0) is 129 Å². The quantitative estimate of drug-likeness (QED) is 0.319. The van der Waals surface area contributed by atoms with E-state index >= 15 is 0 Å². The van der Waals surface area contributed by atoms with Crippen molar-refractivity contribution in [3.8, 4) is 0 Å². The van der Waals surface area contributed by atoms with Crippen LogP contribution in [0.25, 0.3) is 0 Å². The topological polar surface area (TPSA) is 27.7 Å². The summed E-state index contributed by atoms with van der Waals surface area (Å²) in [6.45, 7) is 12.2. The van der Waals surface area contributed by atoms with Gasteiger partial charge in [0.15, 0.2) is 6.29 Å². The van der Waals surface area contributed by atoms with Crippen molar-refractivity contribution in [1.29, 1.82) is 0 Å². The molecule has 5 aliphatic carbocycles. The van der Waals surface area contributed by atoms with Gasteiger partial charge in [-0.15, -0.1) is 0 Å². The van der Waals surface area contributed by atoms with E-state index in [1.807, 2.05) is 7.11 Å². The first-order valence-corrected chi connectivity index (χ1v) is 16.1. The Hall–Kier alpha value is -0.120. The van der Waals surface area contributed by atoms with Gasteiger partial charge in [0.1, 0.15) is 0 Å². The van der Waals surface area contributed by atoms with Crippen LogP contribution in [0, 0.1) is 57.7 Å². The van der Waals surface area contributed by atoms with E-state index < -0.39 is 0 Å². The second kappa shape index (κ2) is 9.81. The van der Waals surface area contributed by atoms with Crippen LogP contribution in [0.4, 0.5) is 0 Å². The maximum absolute atomic E-state index is 6.34. The smallest absolute Gasteiger partial charge is 0.157 e. The van der Waals surface area contributed by atoms with Crippen molar-refractivity contribution >= 4 is 0 Å². The lowest BCUT2D eigenvalue weighted by Crippen LogP contribution is -2.57. The molecular formula is C33H56O3. The summed E-state index contributed by atoms with van der Waals surface area (Å²) in [6, 6.07) is 0. The predicted molar refractivity (Wildman–Crippen MR) is 146 cm³/mol. The molecule has 6 rings (SSSR count). The van der Waals surface area contributed by atoms with Crippen LogP contribution < -0.4 is 0 Å². The minimum Gasteiger partial charge on any atom is -0.381 e. The predicted octanol–water partition coefficient (Wildman–Crippen LogP) is 8.26. The Bertz CT molecular complexity index is 777. The number of methoxy groups -OCH3 is 1. The van der Waals surface area contributed by atoms with Crippen molar-refractivity contribution in [2.45, 2.75) is 130 Å². The molecule has 3 nitrogen and oxygen atoms in total. The maximum atomic E-state index is 6.34. The number of ether oxygens (including phenoxy) is 3. The molecule has 0 aromatic rings. The first kappa shape index (κ1) is 26.1. The van der Waals surface area contributed by atoms with Crippen LogP contribution in [-0.2, 0) is 14.2 Å². The molecule has 12 atom stereocenters. The fraction of sp³-hybridized carbons (Fsp3) is 1.00. The number of hydrogen-bond acceptors (Lipinski definition) is 3. The lowest BCUT2D eigenvalue weighted by Gasteiger charge is -2.61. The van der Waals surface area contributed by atoms with Crippen LogP contribution >= 0.6 is 0 Å². The summed E-state index contributed by atoms with van der Waals surface area (Å²) < 4.78 is 18.2. The molecule has 1 saturated heterocycles. The SMILES string of the molecule is CO[C@@H]1C[C@@H]2[C@@H]3CC[C@H]([C@H](C)CCC[C@H](C)CO[C@@H]4CCCCO4)[C@@]3(C)CC[C@@H]2[C@@]2(C)CC[C@H]3C[C@@]312. The summed E-state index contributed by atoms with van der Waals surface area (Å²) in [5, 5.41) is 0. The minimum absolute atomic E-state index is 0.0651. The Kier molecular flexibility index (Phi) is 7.12. The first-order chi connectivity index (χ1) is 17.3. The largest absolute Gasteiger partial charge is 0.381 e. The van der Waals surface area contributed by atoms with Crippen molar-refractivity contribution in [2.75, 3.05) is 20.3 Å². The van der Waals surface area contributed by atoms with Gasteiger partial charge >= 0.3 is 0 Å². The Labute approximate surface area is 222 Å². The lowest BCUT2D eigenvalue weighted by molar-refractivity contribution is -0.168. The zero-order valence-electron chi connectivity index (χ0n) is 24.2. The van der Waals surface area contributed by atoms with Crippen LogP contribution in [0.3, 0.4) is 0 Å². The number of fused-ring (bicyclic) bond motifs is 4. The van der Waals surface area contributed by atoms with E-state index in [1.165, 1.54) is 83.5 Å². The highest BCUT2D eigenvalue weighted by molar-refractivity contribution is 5.26. The summed E-state index contributed by atoms with van der Waals surface area (Å²) in [7, 11) is 2.03. The fourth-order valence-corrected chi connectivity index (χ4v) is 11.7. The van der Waals surface area contributed by atoms with Gasteiger partial charge in [0.05, 0.1) is 12.7 Å². The molecular weight excluding hydrogens is 444 g/mol. The monoisotopic (exact) mass is 500 g/mol. The van der Waals surface area contributed by atoms with Crippen LogP contribution in [0.2, 0.25) is 0 Å². The highest BCUT2D eigenvalue weighted by Crippen LogP contribution is 2.82. The van der Waals surface area contributed by atoms with Crippen LogP contribution in [0.1, 0.15) is 118 Å². The Morgan fingerprint density at radius 3 is 2.56 bits per heavy atom. The molecule has 1 spiro atoms. The summed E-state index contributed by atoms with van der Waals surface area (Å²) >= 11 is 0. The summed E-state index contributed by atoms with van der Waals surface area (Å²) in [5.41, 5.74) is 1.69. The lowest BCUT2D eigenvalue weighted by atomic mass is 9.45. The standard InChI is InChI=1S/C33H56O3/c1-22(21-36-30-11-6-7-18-35-30)9-8-10-23(2)26-12-13-27-25-19-29(34-5)33-20-24(33)14-17-32(33,4)28(25)15-16-31(26,27)3/h22-30H,6-21H2,1-5H3/t22-,23+,24-,25+,26+,27-,28-,29+,30+,31+,32+,33+/m0/s1. The Balaban J connectivity index is 1.04. The third-order valence-electron chi connectivity index (χ3n) is 13.6.